The highest BCUT2D eigenvalue weighted by Crippen LogP contribution is 2.25. The first-order valence-corrected chi connectivity index (χ1v) is 10.3. The molecule has 6 heteroatoms. The van der Waals surface area contributed by atoms with Gasteiger partial charge in [-0.15, -0.1) is 0 Å². The zero-order valence-corrected chi connectivity index (χ0v) is 18.0. The van der Waals surface area contributed by atoms with Crippen LogP contribution in [-0.4, -0.2) is 35.7 Å². The second-order valence-corrected chi connectivity index (χ2v) is 8.74. The third-order valence-electron chi connectivity index (χ3n) is 5.19. The summed E-state index contributed by atoms with van der Waals surface area (Å²) in [4.78, 5) is 40.0. The zero-order chi connectivity index (χ0) is 21.9. The predicted molar refractivity (Wildman–Crippen MR) is 119 cm³/mol. The number of carbonyl (C=O) groups is 3. The van der Waals surface area contributed by atoms with Crippen molar-refractivity contribution in [2.75, 3.05) is 23.7 Å². The minimum absolute atomic E-state index is 0.0490. The molecule has 158 valence electrons. The molecule has 2 aromatic rings. The molecule has 0 radical (unpaired) electrons. The predicted octanol–water partition coefficient (Wildman–Crippen LogP) is 4.47. The summed E-state index contributed by atoms with van der Waals surface area (Å²) in [6.07, 6.45) is 2.01. The molecule has 1 fully saturated rings. The second-order valence-electron chi connectivity index (χ2n) is 8.74. The third-order valence-corrected chi connectivity index (χ3v) is 5.19. The Morgan fingerprint density at radius 2 is 1.60 bits per heavy atom. The maximum absolute atomic E-state index is 13.0. The van der Waals surface area contributed by atoms with E-state index in [-0.39, 0.29) is 17.7 Å². The van der Waals surface area contributed by atoms with E-state index in [2.05, 4.69) is 10.6 Å². The van der Waals surface area contributed by atoms with Gasteiger partial charge in [0.05, 0.1) is 11.3 Å². The Bertz CT molecular complexity index is 970. The largest absolute Gasteiger partial charge is 0.339 e. The van der Waals surface area contributed by atoms with E-state index in [0.29, 0.717) is 22.5 Å². The molecule has 0 aromatic heterocycles. The summed E-state index contributed by atoms with van der Waals surface area (Å²) in [5, 5.41) is 5.72. The van der Waals surface area contributed by atoms with Crippen LogP contribution in [0, 0.1) is 12.3 Å². The molecule has 0 spiro atoms. The fraction of sp³-hybridized carbons (Fsp3) is 0.375. The number of benzene rings is 2. The van der Waals surface area contributed by atoms with Crippen molar-refractivity contribution in [1.29, 1.82) is 0 Å². The lowest BCUT2D eigenvalue weighted by Gasteiger charge is -2.20. The summed E-state index contributed by atoms with van der Waals surface area (Å²) in [6, 6.07) is 12.2. The molecule has 2 aromatic carbocycles. The molecule has 1 aliphatic heterocycles. The van der Waals surface area contributed by atoms with Gasteiger partial charge in [-0.1, -0.05) is 39.0 Å². The number of likely N-dealkylation sites (tertiary alicyclic amines) is 1. The van der Waals surface area contributed by atoms with Gasteiger partial charge < -0.3 is 15.5 Å². The lowest BCUT2D eigenvalue weighted by Crippen LogP contribution is -2.29. The molecule has 0 unspecified atom stereocenters. The van der Waals surface area contributed by atoms with Crippen LogP contribution in [0.2, 0.25) is 0 Å². The molecular weight excluding hydrogens is 378 g/mol. The van der Waals surface area contributed by atoms with E-state index in [0.717, 1.165) is 31.5 Å². The Morgan fingerprint density at radius 1 is 0.933 bits per heavy atom. The van der Waals surface area contributed by atoms with E-state index in [1.807, 2.05) is 44.7 Å². The summed E-state index contributed by atoms with van der Waals surface area (Å²) < 4.78 is 0. The van der Waals surface area contributed by atoms with Crippen molar-refractivity contribution < 1.29 is 14.4 Å². The first-order chi connectivity index (χ1) is 14.2. The number of aryl methyl sites for hydroxylation is 1. The van der Waals surface area contributed by atoms with Crippen LogP contribution in [0.4, 0.5) is 11.4 Å². The Balaban J connectivity index is 1.81. The van der Waals surface area contributed by atoms with Crippen molar-refractivity contribution in [2.45, 2.75) is 40.5 Å². The van der Waals surface area contributed by atoms with Gasteiger partial charge >= 0.3 is 0 Å². The normalized spacial score (nSPS) is 13.8. The van der Waals surface area contributed by atoms with Crippen LogP contribution in [0.1, 0.15) is 59.9 Å². The number of anilines is 2. The number of amides is 3. The van der Waals surface area contributed by atoms with E-state index in [4.69, 9.17) is 0 Å². The molecule has 1 saturated heterocycles. The quantitative estimate of drug-likeness (QED) is 0.785. The van der Waals surface area contributed by atoms with E-state index >= 15 is 0 Å². The number of nitrogens with zero attached hydrogens (tertiary/aromatic N) is 1. The highest BCUT2D eigenvalue weighted by molar-refractivity contribution is 6.10. The first-order valence-electron chi connectivity index (χ1n) is 10.3. The number of nitrogens with one attached hydrogen (secondary N) is 2. The SMILES string of the molecule is Cc1cccc(NC(=O)c2cccc(NC(=O)C(C)(C)C)c2)c1C(=O)N1CCCC1. The van der Waals surface area contributed by atoms with Crippen LogP contribution >= 0.6 is 0 Å². The van der Waals surface area contributed by atoms with Gasteiger partial charge in [0.1, 0.15) is 0 Å². The highest BCUT2D eigenvalue weighted by atomic mass is 16.2. The van der Waals surface area contributed by atoms with Crippen molar-refractivity contribution in [2.24, 2.45) is 5.41 Å². The van der Waals surface area contributed by atoms with E-state index in [9.17, 15) is 14.4 Å². The fourth-order valence-electron chi connectivity index (χ4n) is 3.39. The fourth-order valence-corrected chi connectivity index (χ4v) is 3.39. The number of hydrogen-bond acceptors (Lipinski definition) is 3. The van der Waals surface area contributed by atoms with Crippen LogP contribution in [0.25, 0.3) is 0 Å². The monoisotopic (exact) mass is 407 g/mol. The molecule has 0 bridgehead atoms. The molecule has 1 aliphatic rings. The molecule has 2 N–H and O–H groups in total. The summed E-state index contributed by atoms with van der Waals surface area (Å²) in [5.41, 5.74) is 2.29. The minimum Gasteiger partial charge on any atom is -0.339 e. The Morgan fingerprint density at radius 3 is 2.27 bits per heavy atom. The number of hydrogen-bond donors (Lipinski definition) is 2. The average molecular weight is 408 g/mol. The van der Waals surface area contributed by atoms with Gasteiger partial charge in [-0.25, -0.2) is 0 Å². The van der Waals surface area contributed by atoms with Crippen LogP contribution in [0.5, 0.6) is 0 Å². The van der Waals surface area contributed by atoms with E-state index in [1.165, 1.54) is 0 Å². The Labute approximate surface area is 177 Å². The van der Waals surface area contributed by atoms with E-state index < -0.39 is 5.41 Å². The number of carbonyl (C=O) groups excluding carboxylic acids is 3. The smallest absolute Gasteiger partial charge is 0.256 e. The second kappa shape index (κ2) is 8.69. The van der Waals surface area contributed by atoms with Gasteiger partial charge in [0.15, 0.2) is 0 Å². The maximum Gasteiger partial charge on any atom is 0.256 e. The summed E-state index contributed by atoms with van der Waals surface area (Å²) in [5.74, 6) is -0.507. The summed E-state index contributed by atoms with van der Waals surface area (Å²) in [7, 11) is 0. The molecule has 6 nitrogen and oxygen atoms in total. The van der Waals surface area contributed by atoms with Gasteiger partial charge in [0.2, 0.25) is 5.91 Å². The Hall–Kier alpha value is -3.15. The average Bonchev–Trinajstić information content (AvgIpc) is 3.22. The molecule has 0 saturated carbocycles. The van der Waals surface area contributed by atoms with Crippen molar-refractivity contribution in [1.82, 2.24) is 4.90 Å². The molecule has 3 amide bonds. The lowest BCUT2D eigenvalue weighted by molar-refractivity contribution is -0.123. The van der Waals surface area contributed by atoms with Gasteiger partial charge in [-0.3, -0.25) is 14.4 Å². The van der Waals surface area contributed by atoms with Gasteiger partial charge in [0, 0.05) is 29.8 Å². The summed E-state index contributed by atoms with van der Waals surface area (Å²) >= 11 is 0. The first kappa shape index (κ1) is 21.6. The molecule has 0 atom stereocenters. The maximum atomic E-state index is 13.0. The van der Waals surface area contributed by atoms with Gasteiger partial charge in [-0.2, -0.15) is 0 Å². The molecule has 1 heterocycles. The minimum atomic E-state index is -0.537. The van der Waals surface area contributed by atoms with Crippen molar-refractivity contribution in [3.63, 3.8) is 0 Å². The van der Waals surface area contributed by atoms with Crippen molar-refractivity contribution in [3.05, 3.63) is 59.2 Å². The van der Waals surface area contributed by atoms with E-state index in [1.54, 1.807) is 30.3 Å². The van der Waals surface area contributed by atoms with Gasteiger partial charge in [-0.05, 0) is 49.6 Å². The molecular formula is C24H29N3O3. The van der Waals surface area contributed by atoms with Crippen LogP contribution in [-0.2, 0) is 4.79 Å². The number of rotatable bonds is 4. The Kier molecular flexibility index (Phi) is 6.25. The van der Waals surface area contributed by atoms with Crippen molar-refractivity contribution >= 4 is 29.1 Å². The van der Waals surface area contributed by atoms with Crippen LogP contribution in [0.3, 0.4) is 0 Å². The summed E-state index contributed by atoms with van der Waals surface area (Å²) in [6.45, 7) is 8.86. The van der Waals surface area contributed by atoms with Crippen LogP contribution in [0.15, 0.2) is 42.5 Å². The molecule has 3 rings (SSSR count). The lowest BCUT2D eigenvalue weighted by atomic mass is 9.95. The van der Waals surface area contributed by atoms with Crippen LogP contribution < -0.4 is 10.6 Å². The standard InChI is InChI=1S/C24H29N3O3/c1-16-9-7-12-19(20(16)22(29)27-13-5-6-14-27)26-21(28)17-10-8-11-18(15-17)25-23(30)24(2,3)4/h7-12,15H,5-6,13-14H2,1-4H3,(H,25,30)(H,26,28). The zero-order valence-electron chi connectivity index (χ0n) is 18.0. The highest BCUT2D eigenvalue weighted by Gasteiger charge is 2.25. The molecule has 0 aliphatic carbocycles. The third kappa shape index (κ3) is 4.87. The van der Waals surface area contributed by atoms with Crippen molar-refractivity contribution in [3.8, 4) is 0 Å². The molecule has 30 heavy (non-hydrogen) atoms. The van der Waals surface area contributed by atoms with Gasteiger partial charge in [0.25, 0.3) is 11.8 Å². The topological polar surface area (TPSA) is 78.5 Å².